The predicted octanol–water partition coefficient (Wildman–Crippen LogP) is 15.1. The highest BCUT2D eigenvalue weighted by molar-refractivity contribution is 7.02. The summed E-state index contributed by atoms with van der Waals surface area (Å²) in [6.07, 6.45) is 0. The van der Waals surface area contributed by atoms with E-state index in [0.29, 0.717) is 0 Å². The fourth-order valence-electron chi connectivity index (χ4n) is 12.5. The summed E-state index contributed by atoms with van der Waals surface area (Å²) in [6.45, 7) is -0.374. The van der Waals surface area contributed by atoms with Crippen LogP contribution in [0, 0.1) is 0 Å². The van der Waals surface area contributed by atoms with E-state index in [2.05, 4.69) is 328 Å². The maximum atomic E-state index is 7.20. The number of hydrogen-bond donors (Lipinski definition) is 1. The van der Waals surface area contributed by atoms with Crippen LogP contribution in [0.15, 0.2) is 303 Å². The van der Waals surface area contributed by atoms with Crippen molar-refractivity contribution in [3.8, 4) is 11.5 Å². The normalized spacial score (nSPS) is 12.5. The smallest absolute Gasteiger partial charge is 0.256 e. The molecule has 80 heavy (non-hydrogen) atoms. The van der Waals surface area contributed by atoms with Crippen molar-refractivity contribution < 1.29 is 4.74 Å². The third-order valence-corrected chi connectivity index (χ3v) is 15.8. The molecule has 0 radical (unpaired) electrons. The Morgan fingerprint density at radius 1 is 0.300 bits per heavy atom. The molecule has 0 bridgehead atoms. The highest BCUT2D eigenvalue weighted by atomic mass is 16.5. The van der Waals surface area contributed by atoms with Crippen molar-refractivity contribution in [3.63, 3.8) is 0 Å². The van der Waals surface area contributed by atoms with Gasteiger partial charge >= 0.3 is 0 Å². The average Bonchev–Trinajstić information content (AvgIpc) is 3.54. The van der Waals surface area contributed by atoms with Crippen LogP contribution in [0.3, 0.4) is 0 Å². The fraction of sp³-hybridized carbons (Fsp3) is 0. The number of rotatable bonds is 11. The molecule has 1 N–H and O–H groups in total. The second-order valence-electron chi connectivity index (χ2n) is 20.5. The van der Waals surface area contributed by atoms with Crippen molar-refractivity contribution in [2.24, 2.45) is 0 Å². The summed E-state index contributed by atoms with van der Waals surface area (Å²) in [5.74, 6) is 1.69. The lowest BCUT2D eigenvalue weighted by Crippen LogP contribution is -2.63. The number of benzene rings is 12. The van der Waals surface area contributed by atoms with Gasteiger partial charge in [0.2, 0.25) is 6.71 Å². The van der Waals surface area contributed by atoms with Crippen molar-refractivity contribution in [1.82, 2.24) is 0 Å². The minimum Gasteiger partial charge on any atom is -0.458 e. The Hall–Kier alpha value is -10.4. The predicted molar refractivity (Wildman–Crippen MR) is 337 cm³/mol. The van der Waals surface area contributed by atoms with E-state index in [1.54, 1.807) is 0 Å². The molecule has 3 heterocycles. The van der Waals surface area contributed by atoms with Crippen LogP contribution < -0.4 is 62.4 Å². The molecule has 0 amide bonds. The fourth-order valence-corrected chi connectivity index (χ4v) is 12.5. The van der Waals surface area contributed by atoms with Crippen LogP contribution in [0.4, 0.5) is 79.6 Å². The third kappa shape index (κ3) is 8.07. The summed E-state index contributed by atoms with van der Waals surface area (Å²) < 4.78 is 7.20. The number of nitrogens with one attached hydrogen (secondary N) is 1. The highest BCUT2D eigenvalue weighted by Crippen LogP contribution is 2.49. The van der Waals surface area contributed by atoms with E-state index >= 15 is 0 Å². The molecule has 0 fully saturated rings. The third-order valence-electron chi connectivity index (χ3n) is 15.8. The number of anilines is 14. The molecule has 8 heteroatoms. The van der Waals surface area contributed by atoms with Crippen LogP contribution in [0.2, 0.25) is 0 Å². The van der Waals surface area contributed by atoms with Crippen LogP contribution in [0.5, 0.6) is 11.5 Å². The van der Waals surface area contributed by atoms with Crippen molar-refractivity contribution in [1.29, 1.82) is 0 Å². The first kappa shape index (κ1) is 46.8. The van der Waals surface area contributed by atoms with Gasteiger partial charge in [-0.2, -0.15) is 0 Å². The second kappa shape index (κ2) is 19.9. The number of ether oxygens (including phenoxy) is 1. The SMILES string of the molecule is c1ccc(Nc2cc(N(c3ccccc3)c3ccccc3)cc3c2B(c2ccccc2)c2cc4c(cc2N3c2ccccc2)N(c2ccccc2)c2cc(N(c3ccccc3)c3ccccc3)cc3c2B4c2ccccc2O3)cc1. The lowest BCUT2D eigenvalue weighted by Gasteiger charge is -2.44. The largest absolute Gasteiger partial charge is 0.458 e. The van der Waals surface area contributed by atoms with Crippen molar-refractivity contribution in [2.75, 3.05) is 24.9 Å². The lowest BCUT2D eigenvalue weighted by molar-refractivity contribution is 0.487. The quantitative estimate of drug-likeness (QED) is 0.130. The maximum absolute atomic E-state index is 7.20. The topological polar surface area (TPSA) is 34.2 Å². The van der Waals surface area contributed by atoms with Crippen LogP contribution in [0.1, 0.15) is 0 Å². The Bertz CT molecular complexity index is 4120. The minimum atomic E-state index is -0.206. The van der Waals surface area contributed by atoms with Gasteiger partial charge in [0.25, 0.3) is 6.71 Å². The van der Waals surface area contributed by atoms with Gasteiger partial charge < -0.3 is 29.7 Å². The molecule has 0 unspecified atom stereocenters. The molecule has 12 aromatic carbocycles. The Morgan fingerprint density at radius 3 is 1.23 bits per heavy atom. The van der Waals surface area contributed by atoms with E-state index < -0.39 is 0 Å². The lowest BCUT2D eigenvalue weighted by atomic mass is 9.31. The molecule has 0 aromatic heterocycles. The van der Waals surface area contributed by atoms with Gasteiger partial charge in [-0.05, 0) is 143 Å². The molecular formula is C72H51B2N5O. The zero-order valence-electron chi connectivity index (χ0n) is 43.7. The summed E-state index contributed by atoms with van der Waals surface area (Å²) in [5, 5.41) is 4.04. The Kier molecular flexibility index (Phi) is 11.6. The average molecular weight is 1020 g/mol. The van der Waals surface area contributed by atoms with Crippen molar-refractivity contribution >= 4 is 126 Å². The van der Waals surface area contributed by atoms with Crippen molar-refractivity contribution in [2.45, 2.75) is 0 Å². The summed E-state index contributed by atoms with van der Waals surface area (Å²) in [4.78, 5) is 9.72. The van der Waals surface area contributed by atoms with Gasteiger partial charge in [0, 0.05) is 74.3 Å². The van der Waals surface area contributed by atoms with E-state index in [-0.39, 0.29) is 13.4 Å². The molecule has 15 rings (SSSR count). The zero-order chi connectivity index (χ0) is 52.9. The molecule has 3 aliphatic heterocycles. The molecule has 0 aliphatic carbocycles. The molecule has 6 nitrogen and oxygen atoms in total. The monoisotopic (exact) mass is 1020 g/mol. The van der Waals surface area contributed by atoms with Crippen LogP contribution >= 0.6 is 0 Å². The number of nitrogens with zero attached hydrogens (tertiary/aromatic N) is 4. The van der Waals surface area contributed by atoms with Gasteiger partial charge in [-0.15, -0.1) is 0 Å². The molecule has 0 saturated heterocycles. The van der Waals surface area contributed by atoms with Crippen molar-refractivity contribution in [3.05, 3.63) is 303 Å². The number of para-hydroxylation sites is 8. The van der Waals surface area contributed by atoms with Gasteiger partial charge in [-0.1, -0.05) is 187 Å². The summed E-state index contributed by atoms with van der Waals surface area (Å²) in [6, 6.07) is 109. The summed E-state index contributed by atoms with van der Waals surface area (Å²) in [7, 11) is 0. The van der Waals surface area contributed by atoms with Gasteiger partial charge in [-0.3, -0.25) is 0 Å². The molecule has 12 aromatic rings. The molecular weight excluding hydrogens is 972 g/mol. The van der Waals surface area contributed by atoms with E-state index in [1.165, 1.54) is 21.9 Å². The van der Waals surface area contributed by atoms with Gasteiger partial charge in [-0.25, -0.2) is 0 Å². The maximum Gasteiger partial charge on any atom is 0.256 e. The van der Waals surface area contributed by atoms with E-state index in [9.17, 15) is 0 Å². The molecule has 3 aliphatic rings. The van der Waals surface area contributed by atoms with E-state index in [4.69, 9.17) is 4.74 Å². The van der Waals surface area contributed by atoms with E-state index in [0.717, 1.165) is 102 Å². The van der Waals surface area contributed by atoms with Gasteiger partial charge in [0.15, 0.2) is 0 Å². The van der Waals surface area contributed by atoms with Gasteiger partial charge in [0.1, 0.15) is 11.5 Å². The Balaban J connectivity index is 1.05. The van der Waals surface area contributed by atoms with Gasteiger partial charge in [0.05, 0.1) is 11.4 Å². The molecule has 0 atom stereocenters. The molecule has 376 valence electrons. The first-order valence-corrected chi connectivity index (χ1v) is 27.4. The zero-order valence-corrected chi connectivity index (χ0v) is 43.7. The van der Waals surface area contributed by atoms with Crippen LogP contribution in [-0.4, -0.2) is 13.4 Å². The number of fused-ring (bicyclic) bond motifs is 6. The Labute approximate surface area is 467 Å². The first-order chi connectivity index (χ1) is 39.7. The highest BCUT2D eigenvalue weighted by Gasteiger charge is 2.46. The van der Waals surface area contributed by atoms with Crippen LogP contribution in [0.25, 0.3) is 0 Å². The minimum absolute atomic E-state index is 0.168. The summed E-state index contributed by atoms with van der Waals surface area (Å²) >= 11 is 0. The van der Waals surface area contributed by atoms with Crippen LogP contribution in [-0.2, 0) is 0 Å². The summed E-state index contributed by atoms with van der Waals surface area (Å²) in [5.41, 5.74) is 21.8. The molecule has 0 saturated carbocycles. The number of hydrogen-bond acceptors (Lipinski definition) is 6. The standard InChI is InChI=1S/C72H51B2N5O/c1-9-27-51(28-10-1)73-62-49-63-66(79(58-41-23-8-24-42-58)68-47-60(48-70-72(68)74(63)61-43-25-26-44-69(61)80-70)77(55-35-17-5-18-36-55)56-37-19-6-20-38-56)50-65(62)78(57-39-21-7-22-40-57)67-46-59(45-64(71(67)73)75-52-29-11-2-12-30-52)76(53-31-13-3-14-32-53)54-33-15-4-16-34-54/h1-50,75H. The van der Waals surface area contributed by atoms with E-state index in [1.807, 2.05) is 0 Å². The Morgan fingerprint density at radius 2 is 0.713 bits per heavy atom. The second-order valence-corrected chi connectivity index (χ2v) is 20.5. The molecule has 0 spiro atoms. The first-order valence-electron chi connectivity index (χ1n) is 27.4.